The average Bonchev–Trinajstić information content (AvgIpc) is 3.48. The molecule has 0 bridgehead atoms. The molecule has 28 heavy (non-hydrogen) atoms. The van der Waals surface area contributed by atoms with Crippen molar-refractivity contribution in [2.45, 2.75) is 57.4 Å². The summed E-state index contributed by atoms with van der Waals surface area (Å²) in [5.74, 6) is 2.12. The van der Waals surface area contributed by atoms with E-state index in [-0.39, 0.29) is 23.8 Å². The maximum Gasteiger partial charge on any atom is 0.246 e. The van der Waals surface area contributed by atoms with Crippen LogP contribution in [-0.4, -0.2) is 16.6 Å². The van der Waals surface area contributed by atoms with E-state index in [2.05, 4.69) is 6.08 Å². The number of hydrogen-bond donors (Lipinski definition) is 0. The Morgan fingerprint density at radius 3 is 2.61 bits per heavy atom. The molecular formula is C23H26N2O3. The van der Waals surface area contributed by atoms with Crippen molar-refractivity contribution >= 4 is 17.7 Å². The fourth-order valence-corrected chi connectivity index (χ4v) is 5.00. The SMILES string of the molecule is O=C(C1CCCCC1)N1N=C2C(=Cc3ccco3)CCCC2C1c1ccco1. The van der Waals surface area contributed by atoms with Gasteiger partial charge in [0, 0.05) is 11.8 Å². The Kier molecular flexibility index (Phi) is 4.67. The number of nitrogens with zero attached hydrogens (tertiary/aromatic N) is 2. The second-order valence-electron chi connectivity index (χ2n) is 8.15. The van der Waals surface area contributed by atoms with Gasteiger partial charge in [-0.15, -0.1) is 0 Å². The van der Waals surface area contributed by atoms with Gasteiger partial charge in [-0.25, -0.2) is 5.01 Å². The van der Waals surface area contributed by atoms with Gasteiger partial charge in [0.05, 0.1) is 18.2 Å². The van der Waals surface area contributed by atoms with Gasteiger partial charge in [-0.3, -0.25) is 4.79 Å². The van der Waals surface area contributed by atoms with Crippen molar-refractivity contribution in [3.05, 3.63) is 53.9 Å². The average molecular weight is 378 g/mol. The molecule has 2 aromatic heterocycles. The van der Waals surface area contributed by atoms with E-state index < -0.39 is 0 Å². The van der Waals surface area contributed by atoms with E-state index in [0.717, 1.165) is 62.2 Å². The highest BCUT2D eigenvalue weighted by Crippen LogP contribution is 2.45. The Labute approximate surface area is 165 Å². The van der Waals surface area contributed by atoms with Crippen LogP contribution in [0.2, 0.25) is 0 Å². The zero-order chi connectivity index (χ0) is 18.9. The molecule has 3 aliphatic rings. The molecule has 2 atom stereocenters. The first-order valence-electron chi connectivity index (χ1n) is 10.5. The molecule has 1 amide bonds. The molecule has 0 aromatic carbocycles. The molecule has 2 fully saturated rings. The fraction of sp³-hybridized carbons (Fsp3) is 0.478. The quantitative estimate of drug-likeness (QED) is 0.701. The number of furan rings is 2. The molecule has 3 heterocycles. The number of carbonyl (C=O) groups is 1. The van der Waals surface area contributed by atoms with E-state index in [1.807, 2.05) is 24.3 Å². The number of fused-ring (bicyclic) bond motifs is 1. The lowest BCUT2D eigenvalue weighted by molar-refractivity contribution is -0.139. The summed E-state index contributed by atoms with van der Waals surface area (Å²) < 4.78 is 11.3. The molecule has 2 aliphatic carbocycles. The fourth-order valence-electron chi connectivity index (χ4n) is 5.00. The van der Waals surface area contributed by atoms with Crippen LogP contribution in [0.5, 0.6) is 0 Å². The number of hydrazone groups is 1. The van der Waals surface area contributed by atoms with Crippen LogP contribution in [0.3, 0.4) is 0 Å². The third-order valence-corrected chi connectivity index (χ3v) is 6.38. The molecular weight excluding hydrogens is 352 g/mol. The summed E-state index contributed by atoms with van der Waals surface area (Å²) in [5, 5.41) is 6.68. The van der Waals surface area contributed by atoms with Crippen molar-refractivity contribution in [1.82, 2.24) is 5.01 Å². The van der Waals surface area contributed by atoms with Crippen molar-refractivity contribution < 1.29 is 13.6 Å². The maximum absolute atomic E-state index is 13.4. The van der Waals surface area contributed by atoms with Gasteiger partial charge >= 0.3 is 0 Å². The lowest BCUT2D eigenvalue weighted by Crippen LogP contribution is -2.36. The topological polar surface area (TPSA) is 59.0 Å². The first-order chi connectivity index (χ1) is 13.8. The number of rotatable bonds is 3. The normalized spacial score (nSPS) is 27.1. The second-order valence-corrected chi connectivity index (χ2v) is 8.15. The Morgan fingerprint density at radius 1 is 1.04 bits per heavy atom. The minimum absolute atomic E-state index is 0.0909. The van der Waals surface area contributed by atoms with Gasteiger partial charge in [-0.1, -0.05) is 19.3 Å². The van der Waals surface area contributed by atoms with Gasteiger partial charge in [0.15, 0.2) is 0 Å². The molecule has 2 aromatic rings. The highest BCUT2D eigenvalue weighted by molar-refractivity contribution is 6.08. The summed E-state index contributed by atoms with van der Waals surface area (Å²) in [6.07, 6.45) is 14.0. The van der Waals surface area contributed by atoms with Gasteiger partial charge < -0.3 is 8.83 Å². The summed E-state index contributed by atoms with van der Waals surface area (Å²) in [6, 6.07) is 7.61. The van der Waals surface area contributed by atoms with Crippen LogP contribution < -0.4 is 0 Å². The molecule has 5 heteroatoms. The van der Waals surface area contributed by atoms with Gasteiger partial charge in [0.25, 0.3) is 0 Å². The van der Waals surface area contributed by atoms with Gasteiger partial charge in [-0.05, 0) is 68.0 Å². The van der Waals surface area contributed by atoms with Crippen molar-refractivity contribution in [2.24, 2.45) is 16.9 Å². The Balaban J connectivity index is 1.51. The minimum atomic E-state index is -0.125. The number of carbonyl (C=O) groups excluding carboxylic acids is 1. The molecule has 2 saturated carbocycles. The molecule has 0 radical (unpaired) electrons. The lowest BCUT2D eigenvalue weighted by Gasteiger charge is -2.30. The molecule has 146 valence electrons. The van der Waals surface area contributed by atoms with E-state index in [1.54, 1.807) is 17.5 Å². The molecule has 1 aliphatic heterocycles. The third-order valence-electron chi connectivity index (χ3n) is 6.38. The number of hydrogen-bond acceptors (Lipinski definition) is 4. The van der Waals surface area contributed by atoms with E-state index in [4.69, 9.17) is 13.9 Å². The van der Waals surface area contributed by atoms with Crippen LogP contribution in [0.1, 0.15) is 68.9 Å². The highest BCUT2D eigenvalue weighted by Gasteiger charge is 2.46. The first kappa shape index (κ1) is 17.5. The molecule has 5 nitrogen and oxygen atoms in total. The van der Waals surface area contributed by atoms with Gasteiger partial charge in [0.1, 0.15) is 17.6 Å². The van der Waals surface area contributed by atoms with Gasteiger partial charge in [-0.2, -0.15) is 5.10 Å². The second kappa shape index (κ2) is 7.46. The van der Waals surface area contributed by atoms with Crippen molar-refractivity contribution in [1.29, 1.82) is 0 Å². The van der Waals surface area contributed by atoms with Crippen LogP contribution in [0.25, 0.3) is 6.08 Å². The largest absolute Gasteiger partial charge is 0.467 e. The van der Waals surface area contributed by atoms with E-state index in [9.17, 15) is 4.79 Å². The van der Waals surface area contributed by atoms with Crippen LogP contribution in [0, 0.1) is 11.8 Å². The van der Waals surface area contributed by atoms with E-state index >= 15 is 0 Å². The van der Waals surface area contributed by atoms with Gasteiger partial charge in [0.2, 0.25) is 5.91 Å². The smallest absolute Gasteiger partial charge is 0.246 e. The molecule has 0 saturated heterocycles. The number of allylic oxidation sites excluding steroid dienone is 1. The van der Waals surface area contributed by atoms with Crippen LogP contribution in [0.4, 0.5) is 0 Å². The zero-order valence-corrected chi connectivity index (χ0v) is 16.0. The summed E-state index contributed by atoms with van der Waals surface area (Å²) in [4.78, 5) is 13.4. The third kappa shape index (κ3) is 3.13. The maximum atomic E-state index is 13.4. The Hall–Kier alpha value is -2.56. The summed E-state index contributed by atoms with van der Waals surface area (Å²) in [6.45, 7) is 0. The number of amides is 1. The Morgan fingerprint density at radius 2 is 1.86 bits per heavy atom. The summed E-state index contributed by atoms with van der Waals surface area (Å²) in [7, 11) is 0. The van der Waals surface area contributed by atoms with E-state index in [1.165, 1.54) is 12.0 Å². The summed E-state index contributed by atoms with van der Waals surface area (Å²) >= 11 is 0. The highest BCUT2D eigenvalue weighted by atomic mass is 16.3. The van der Waals surface area contributed by atoms with Crippen LogP contribution in [0.15, 0.2) is 56.3 Å². The molecule has 5 rings (SSSR count). The predicted molar refractivity (Wildman–Crippen MR) is 106 cm³/mol. The Bertz CT molecular complexity index is 873. The first-order valence-corrected chi connectivity index (χ1v) is 10.5. The predicted octanol–water partition coefficient (Wildman–Crippen LogP) is 5.58. The van der Waals surface area contributed by atoms with Crippen molar-refractivity contribution in [3.63, 3.8) is 0 Å². The molecule has 2 unspecified atom stereocenters. The van der Waals surface area contributed by atoms with E-state index in [0.29, 0.717) is 0 Å². The zero-order valence-electron chi connectivity index (χ0n) is 16.0. The molecule has 0 N–H and O–H groups in total. The lowest BCUT2D eigenvalue weighted by atomic mass is 9.79. The van der Waals surface area contributed by atoms with Crippen molar-refractivity contribution in [2.75, 3.05) is 0 Å². The molecule has 0 spiro atoms. The monoisotopic (exact) mass is 378 g/mol. The van der Waals surface area contributed by atoms with Crippen LogP contribution >= 0.6 is 0 Å². The minimum Gasteiger partial charge on any atom is -0.467 e. The van der Waals surface area contributed by atoms with Crippen LogP contribution in [-0.2, 0) is 4.79 Å². The standard InChI is InChI=1S/C23H26N2O3/c26-23(16-7-2-1-3-8-16)25-22(20-12-6-14-28-20)19-11-4-9-17(21(19)24-25)15-18-10-5-13-27-18/h5-6,10,12-16,19,22H,1-4,7-9,11H2. The summed E-state index contributed by atoms with van der Waals surface area (Å²) in [5.41, 5.74) is 2.22. The van der Waals surface area contributed by atoms with Crippen molar-refractivity contribution in [3.8, 4) is 0 Å².